The summed E-state index contributed by atoms with van der Waals surface area (Å²) in [6, 6.07) is 6.93. The van der Waals surface area contributed by atoms with Gasteiger partial charge in [-0.2, -0.15) is 0 Å². The smallest absolute Gasteiger partial charge is 0.340 e. The molecule has 2 aliphatic rings. The zero-order valence-electron chi connectivity index (χ0n) is 19.2. The molecule has 1 saturated heterocycles. The van der Waals surface area contributed by atoms with E-state index in [1.165, 1.54) is 0 Å². The average molecular weight is 497 g/mol. The van der Waals surface area contributed by atoms with Gasteiger partial charge in [0.25, 0.3) is 0 Å². The van der Waals surface area contributed by atoms with Crippen LogP contribution in [0, 0.1) is 17.8 Å². The number of halogens is 1. The van der Waals surface area contributed by atoms with Gasteiger partial charge in [0.1, 0.15) is 18.5 Å². The number of fused-ring (bicyclic) bond motifs is 1. The SMILES string of the molecule is CCC(=O)C(OC[C@@H]1CC[C@@H]2[C@@H](/C=C/[C@@H](O)COc3cccc(Cl)c3)[C@H](O)C[C@@H]2OC1)C(=O)O. The first-order chi connectivity index (χ1) is 16.3. The number of aliphatic hydroxyl groups excluding tert-OH is 2. The summed E-state index contributed by atoms with van der Waals surface area (Å²) >= 11 is 5.94. The van der Waals surface area contributed by atoms with E-state index in [4.69, 9.17) is 25.8 Å². The Morgan fingerprint density at radius 1 is 1.32 bits per heavy atom. The summed E-state index contributed by atoms with van der Waals surface area (Å²) < 4.78 is 17.0. The number of carbonyl (C=O) groups is 2. The highest BCUT2D eigenvalue weighted by atomic mass is 35.5. The minimum atomic E-state index is -1.44. The van der Waals surface area contributed by atoms with Crippen LogP contribution in [-0.4, -0.2) is 71.3 Å². The zero-order chi connectivity index (χ0) is 24.7. The molecular weight excluding hydrogens is 464 g/mol. The molecule has 3 rings (SSSR count). The highest BCUT2D eigenvalue weighted by Gasteiger charge is 2.43. The van der Waals surface area contributed by atoms with Crippen LogP contribution < -0.4 is 4.74 Å². The van der Waals surface area contributed by atoms with Gasteiger partial charge in [-0.1, -0.05) is 36.7 Å². The minimum Gasteiger partial charge on any atom is -0.491 e. The molecule has 1 aromatic carbocycles. The molecular formula is C25H33ClO8. The summed E-state index contributed by atoms with van der Waals surface area (Å²) in [4.78, 5) is 23.1. The fourth-order valence-electron chi connectivity index (χ4n) is 4.62. The first kappa shape index (κ1) is 26.6. The van der Waals surface area contributed by atoms with E-state index < -0.39 is 30.1 Å². The molecule has 0 aromatic heterocycles. The topological polar surface area (TPSA) is 123 Å². The van der Waals surface area contributed by atoms with E-state index in [-0.39, 0.29) is 43.5 Å². The second-order valence-corrected chi connectivity index (χ2v) is 9.39. The van der Waals surface area contributed by atoms with Crippen LogP contribution in [0.15, 0.2) is 36.4 Å². The lowest BCUT2D eigenvalue weighted by Crippen LogP contribution is -2.34. The van der Waals surface area contributed by atoms with E-state index in [0.29, 0.717) is 23.8 Å². The van der Waals surface area contributed by atoms with Crippen LogP contribution in [0.2, 0.25) is 5.02 Å². The van der Waals surface area contributed by atoms with Gasteiger partial charge in [-0.05, 0) is 37.0 Å². The molecule has 1 heterocycles. The minimum absolute atomic E-state index is 0.0319. The molecule has 1 saturated carbocycles. The molecule has 8 nitrogen and oxygen atoms in total. The molecule has 2 fully saturated rings. The number of rotatable bonds is 11. The number of ketones is 1. The third kappa shape index (κ3) is 7.26. The molecule has 3 N–H and O–H groups in total. The number of carboxylic acids is 1. The maximum Gasteiger partial charge on any atom is 0.340 e. The van der Waals surface area contributed by atoms with Gasteiger partial charge in [0.05, 0.1) is 25.4 Å². The first-order valence-corrected chi connectivity index (χ1v) is 12.1. The predicted octanol–water partition coefficient (Wildman–Crippen LogP) is 2.88. The van der Waals surface area contributed by atoms with Crippen LogP contribution in [0.5, 0.6) is 5.75 Å². The molecule has 188 valence electrons. The normalized spacial score (nSPS) is 28.8. The van der Waals surface area contributed by atoms with E-state index in [1.807, 2.05) is 6.08 Å². The molecule has 34 heavy (non-hydrogen) atoms. The number of hydrogen-bond donors (Lipinski definition) is 3. The van der Waals surface area contributed by atoms with E-state index in [0.717, 1.165) is 12.8 Å². The Hall–Kier alpha value is -1.97. The van der Waals surface area contributed by atoms with Crippen molar-refractivity contribution in [1.82, 2.24) is 0 Å². The summed E-state index contributed by atoms with van der Waals surface area (Å²) in [7, 11) is 0. The van der Waals surface area contributed by atoms with E-state index in [2.05, 4.69) is 0 Å². The number of aliphatic carboxylic acids is 1. The molecule has 7 atom stereocenters. The molecule has 0 amide bonds. The number of benzene rings is 1. The van der Waals surface area contributed by atoms with Gasteiger partial charge in [0.2, 0.25) is 6.10 Å². The van der Waals surface area contributed by atoms with Gasteiger partial charge in [-0.25, -0.2) is 4.79 Å². The van der Waals surface area contributed by atoms with Crippen LogP contribution in [0.3, 0.4) is 0 Å². The monoisotopic (exact) mass is 496 g/mol. The Labute approximate surface area is 204 Å². The number of carboxylic acid groups (broad SMARTS) is 1. The standard InChI is InChI=1S/C25H33ClO8/c1-2-21(28)24(25(30)31)34-13-15-6-8-20-19(22(29)11-23(20)33-12-15)9-7-17(27)14-32-18-5-3-4-16(26)10-18/h3-5,7,9-10,15,17,19-20,22-24,27,29H,2,6,8,11-14H2,1H3,(H,30,31)/b9-7+/t15-,17-,19-,20-,22-,23+,24?/m1/s1. The average Bonchev–Trinajstić information content (AvgIpc) is 2.97. The van der Waals surface area contributed by atoms with Gasteiger partial charge in [-0.15, -0.1) is 0 Å². The molecule has 1 aliphatic heterocycles. The summed E-state index contributed by atoms with van der Waals surface area (Å²) in [5.74, 6) is -1.29. The fraction of sp³-hybridized carbons (Fsp3) is 0.600. The molecule has 1 aromatic rings. The van der Waals surface area contributed by atoms with Gasteiger partial charge < -0.3 is 29.5 Å². The molecule has 9 heteroatoms. The number of ether oxygens (including phenoxy) is 3. The highest BCUT2D eigenvalue weighted by Crippen LogP contribution is 2.41. The van der Waals surface area contributed by atoms with Crippen molar-refractivity contribution < 1.29 is 39.1 Å². The number of carbonyl (C=O) groups excluding carboxylic acids is 1. The van der Waals surface area contributed by atoms with Crippen molar-refractivity contribution >= 4 is 23.4 Å². The summed E-state index contributed by atoms with van der Waals surface area (Å²) in [5, 5.41) is 30.6. The van der Waals surface area contributed by atoms with Crippen molar-refractivity contribution in [3.63, 3.8) is 0 Å². The van der Waals surface area contributed by atoms with Crippen molar-refractivity contribution in [2.24, 2.45) is 17.8 Å². The van der Waals surface area contributed by atoms with Gasteiger partial charge in [0.15, 0.2) is 5.78 Å². The lowest BCUT2D eigenvalue weighted by molar-refractivity contribution is -0.157. The van der Waals surface area contributed by atoms with Gasteiger partial charge in [0, 0.05) is 29.7 Å². The first-order valence-electron chi connectivity index (χ1n) is 11.7. The predicted molar refractivity (Wildman–Crippen MR) is 125 cm³/mol. The van der Waals surface area contributed by atoms with Crippen molar-refractivity contribution in [3.8, 4) is 5.75 Å². The van der Waals surface area contributed by atoms with Gasteiger partial charge >= 0.3 is 5.97 Å². The quantitative estimate of drug-likeness (QED) is 0.316. The molecule has 1 aliphatic carbocycles. The number of aliphatic hydroxyl groups is 2. The van der Waals surface area contributed by atoms with Crippen molar-refractivity contribution in [2.45, 2.75) is 57.0 Å². The number of hydrogen-bond acceptors (Lipinski definition) is 7. The molecule has 0 spiro atoms. The number of Topliss-reactive ketones (excluding diaryl/α,β-unsaturated/α-hetero) is 1. The largest absolute Gasteiger partial charge is 0.491 e. The molecule has 0 radical (unpaired) electrons. The fourth-order valence-corrected chi connectivity index (χ4v) is 4.80. The Kier molecular flexibility index (Phi) is 9.91. The van der Waals surface area contributed by atoms with Crippen LogP contribution in [0.4, 0.5) is 0 Å². The third-order valence-electron chi connectivity index (χ3n) is 6.48. The zero-order valence-corrected chi connectivity index (χ0v) is 20.0. The summed E-state index contributed by atoms with van der Waals surface area (Å²) in [5.41, 5.74) is 0. The lowest BCUT2D eigenvalue weighted by atomic mass is 9.87. The Morgan fingerprint density at radius 2 is 2.12 bits per heavy atom. The Morgan fingerprint density at radius 3 is 2.82 bits per heavy atom. The van der Waals surface area contributed by atoms with Crippen molar-refractivity contribution in [2.75, 3.05) is 19.8 Å². The molecule has 0 bridgehead atoms. The second kappa shape index (κ2) is 12.7. The summed E-state index contributed by atoms with van der Waals surface area (Å²) in [6.07, 6.45) is 2.58. The van der Waals surface area contributed by atoms with Crippen LogP contribution >= 0.6 is 11.6 Å². The third-order valence-corrected chi connectivity index (χ3v) is 6.72. The molecule has 1 unspecified atom stereocenters. The van der Waals surface area contributed by atoms with Crippen molar-refractivity contribution in [1.29, 1.82) is 0 Å². The van der Waals surface area contributed by atoms with Crippen LogP contribution in [-0.2, 0) is 19.1 Å². The Balaban J connectivity index is 1.51. The van der Waals surface area contributed by atoms with E-state index >= 15 is 0 Å². The van der Waals surface area contributed by atoms with Gasteiger partial charge in [-0.3, -0.25) is 4.79 Å². The van der Waals surface area contributed by atoms with Crippen LogP contribution in [0.1, 0.15) is 32.6 Å². The van der Waals surface area contributed by atoms with Crippen molar-refractivity contribution in [3.05, 3.63) is 41.4 Å². The van der Waals surface area contributed by atoms with Crippen LogP contribution in [0.25, 0.3) is 0 Å². The van der Waals surface area contributed by atoms with E-state index in [9.17, 15) is 24.9 Å². The Bertz CT molecular complexity index is 859. The lowest BCUT2D eigenvalue weighted by Gasteiger charge is -2.21. The van der Waals surface area contributed by atoms with E-state index in [1.54, 1.807) is 37.3 Å². The maximum atomic E-state index is 11.8. The summed E-state index contributed by atoms with van der Waals surface area (Å²) in [6.45, 7) is 2.18. The highest BCUT2D eigenvalue weighted by molar-refractivity contribution is 6.30. The maximum absolute atomic E-state index is 11.8. The second-order valence-electron chi connectivity index (χ2n) is 8.95.